The third-order valence-electron chi connectivity index (χ3n) is 4.20. The Morgan fingerprint density at radius 3 is 2.57 bits per heavy atom. The van der Waals surface area contributed by atoms with Crippen molar-refractivity contribution in [3.8, 4) is 0 Å². The monoisotopic (exact) mass is 308 g/mol. The van der Waals surface area contributed by atoms with E-state index in [1.165, 1.54) is 0 Å². The van der Waals surface area contributed by atoms with E-state index in [1.54, 1.807) is 0 Å². The highest BCUT2D eigenvalue weighted by molar-refractivity contribution is 6.31. The van der Waals surface area contributed by atoms with Crippen molar-refractivity contribution in [2.24, 2.45) is 7.05 Å². The Bertz CT molecular complexity index is 623. The maximum Gasteiger partial charge on any atom is 0.145 e. The third kappa shape index (κ3) is 2.91. The summed E-state index contributed by atoms with van der Waals surface area (Å²) in [5.41, 5.74) is 7.68. The molecule has 2 N–H and O–H groups in total. The van der Waals surface area contributed by atoms with Gasteiger partial charge in [0.05, 0.1) is 22.5 Å². The number of nitrogens with zero attached hydrogens (tertiary/aromatic N) is 5. The molecule has 3 heterocycles. The highest BCUT2D eigenvalue weighted by Gasteiger charge is 2.23. The van der Waals surface area contributed by atoms with Gasteiger partial charge in [0.15, 0.2) is 0 Å². The summed E-state index contributed by atoms with van der Waals surface area (Å²) in [7, 11) is 1.95. The summed E-state index contributed by atoms with van der Waals surface area (Å²) < 4.78 is 3.88. The smallest absolute Gasteiger partial charge is 0.145 e. The van der Waals surface area contributed by atoms with Crippen molar-refractivity contribution in [2.75, 3.05) is 18.8 Å². The van der Waals surface area contributed by atoms with E-state index in [9.17, 15) is 0 Å². The molecule has 2 aromatic heterocycles. The molecule has 0 aromatic carbocycles. The van der Waals surface area contributed by atoms with Gasteiger partial charge in [0.2, 0.25) is 0 Å². The number of aromatic nitrogens is 4. The number of nitrogens with two attached hydrogens (primary N) is 1. The van der Waals surface area contributed by atoms with Gasteiger partial charge >= 0.3 is 0 Å². The molecular formula is C14H21ClN6. The normalized spacial score (nSPS) is 17.5. The van der Waals surface area contributed by atoms with Crippen molar-refractivity contribution >= 4 is 17.4 Å². The number of rotatable bonds is 3. The summed E-state index contributed by atoms with van der Waals surface area (Å²) in [6, 6.07) is 2.30. The number of nitrogen functional groups attached to an aromatic ring is 1. The molecule has 0 atom stereocenters. The van der Waals surface area contributed by atoms with Gasteiger partial charge in [-0.05, 0) is 25.8 Å². The van der Waals surface area contributed by atoms with Crippen LogP contribution in [0.15, 0.2) is 12.3 Å². The van der Waals surface area contributed by atoms with Gasteiger partial charge in [-0.25, -0.2) is 0 Å². The first kappa shape index (κ1) is 14.4. The lowest BCUT2D eigenvalue weighted by molar-refractivity contribution is 0.170. The van der Waals surface area contributed by atoms with E-state index in [1.807, 2.05) is 35.6 Å². The summed E-state index contributed by atoms with van der Waals surface area (Å²) in [6.45, 7) is 4.86. The molecule has 0 amide bonds. The molecule has 3 rings (SSSR count). The molecule has 0 bridgehead atoms. The van der Waals surface area contributed by atoms with Crippen LogP contribution in [-0.2, 0) is 13.6 Å². The van der Waals surface area contributed by atoms with Crippen LogP contribution in [0, 0.1) is 6.92 Å². The lowest BCUT2D eigenvalue weighted by Crippen LogP contribution is -2.35. The number of piperidine rings is 1. The predicted octanol–water partition coefficient (Wildman–Crippen LogP) is 2.00. The minimum absolute atomic E-state index is 0.447. The number of halogens is 1. The Kier molecular flexibility index (Phi) is 3.91. The van der Waals surface area contributed by atoms with Crippen molar-refractivity contribution < 1.29 is 0 Å². The van der Waals surface area contributed by atoms with Gasteiger partial charge in [-0.3, -0.25) is 14.3 Å². The van der Waals surface area contributed by atoms with Crippen LogP contribution in [0.2, 0.25) is 5.02 Å². The molecule has 2 aromatic rings. The second kappa shape index (κ2) is 5.69. The van der Waals surface area contributed by atoms with Crippen LogP contribution in [0.3, 0.4) is 0 Å². The largest absolute Gasteiger partial charge is 0.382 e. The number of anilines is 1. The first-order chi connectivity index (χ1) is 10.0. The summed E-state index contributed by atoms with van der Waals surface area (Å²) in [5, 5.41) is 9.48. The summed E-state index contributed by atoms with van der Waals surface area (Å²) in [6.07, 6.45) is 4.13. The fourth-order valence-electron chi connectivity index (χ4n) is 2.96. The van der Waals surface area contributed by atoms with Crippen LogP contribution in [0.25, 0.3) is 0 Å². The first-order valence-electron chi connectivity index (χ1n) is 7.25. The van der Waals surface area contributed by atoms with E-state index >= 15 is 0 Å². The summed E-state index contributed by atoms with van der Waals surface area (Å²) in [4.78, 5) is 2.42. The Labute approximate surface area is 129 Å². The Balaban J connectivity index is 1.61. The third-order valence-corrected chi connectivity index (χ3v) is 4.69. The molecule has 1 fully saturated rings. The van der Waals surface area contributed by atoms with E-state index in [0.29, 0.717) is 11.9 Å². The minimum atomic E-state index is 0.447. The number of aryl methyl sites for hydroxylation is 2. The molecule has 0 radical (unpaired) electrons. The predicted molar refractivity (Wildman–Crippen MR) is 83.1 cm³/mol. The average molecular weight is 309 g/mol. The summed E-state index contributed by atoms with van der Waals surface area (Å²) >= 11 is 6.32. The second-order valence-electron chi connectivity index (χ2n) is 5.70. The lowest BCUT2D eigenvalue weighted by Gasteiger charge is -2.32. The first-order valence-corrected chi connectivity index (χ1v) is 7.63. The summed E-state index contributed by atoms with van der Waals surface area (Å²) in [5.74, 6) is 0.592. The molecule has 0 spiro atoms. The van der Waals surface area contributed by atoms with E-state index in [0.717, 1.165) is 48.9 Å². The Hall–Kier alpha value is -1.53. The Morgan fingerprint density at radius 1 is 1.33 bits per heavy atom. The van der Waals surface area contributed by atoms with Crippen LogP contribution >= 0.6 is 11.6 Å². The number of hydrogen-bond acceptors (Lipinski definition) is 4. The molecule has 0 saturated carbocycles. The molecule has 7 heteroatoms. The zero-order valence-electron chi connectivity index (χ0n) is 12.5. The van der Waals surface area contributed by atoms with Gasteiger partial charge < -0.3 is 5.73 Å². The van der Waals surface area contributed by atoms with E-state index in [-0.39, 0.29) is 0 Å². The van der Waals surface area contributed by atoms with Gasteiger partial charge in [-0.2, -0.15) is 10.2 Å². The van der Waals surface area contributed by atoms with Crippen molar-refractivity contribution in [1.29, 1.82) is 0 Å². The molecule has 6 nitrogen and oxygen atoms in total. The molecular weight excluding hydrogens is 288 g/mol. The van der Waals surface area contributed by atoms with Crippen molar-refractivity contribution in [3.05, 3.63) is 28.7 Å². The molecule has 1 saturated heterocycles. The van der Waals surface area contributed by atoms with Crippen LogP contribution in [0.5, 0.6) is 0 Å². The molecule has 0 unspecified atom stereocenters. The highest BCUT2D eigenvalue weighted by Crippen LogP contribution is 2.26. The fourth-order valence-corrected chi connectivity index (χ4v) is 3.18. The van der Waals surface area contributed by atoms with Gasteiger partial charge in [0.1, 0.15) is 5.82 Å². The number of likely N-dealkylation sites (tertiary alicyclic amines) is 1. The standard InChI is InChI=1S/C14H21ClN6/c1-10-14(15)12(19(2)17-10)9-20-6-3-11(4-7-20)21-8-5-13(16)18-21/h5,8,11H,3-4,6-7,9H2,1-2H3,(H2,16,18). The van der Waals surface area contributed by atoms with Crippen molar-refractivity contribution in [3.63, 3.8) is 0 Å². The van der Waals surface area contributed by atoms with E-state index in [4.69, 9.17) is 17.3 Å². The quantitative estimate of drug-likeness (QED) is 0.942. The van der Waals surface area contributed by atoms with Crippen molar-refractivity contribution in [1.82, 2.24) is 24.5 Å². The Morgan fingerprint density at radius 2 is 2.05 bits per heavy atom. The zero-order chi connectivity index (χ0) is 15.0. The van der Waals surface area contributed by atoms with Crippen LogP contribution in [0.1, 0.15) is 30.3 Å². The molecule has 1 aliphatic rings. The van der Waals surface area contributed by atoms with Gasteiger partial charge in [-0.15, -0.1) is 0 Å². The van der Waals surface area contributed by atoms with Crippen molar-refractivity contribution in [2.45, 2.75) is 32.4 Å². The maximum atomic E-state index is 6.32. The van der Waals surface area contributed by atoms with Crippen LogP contribution < -0.4 is 5.73 Å². The lowest BCUT2D eigenvalue weighted by atomic mass is 10.1. The van der Waals surface area contributed by atoms with Crippen LogP contribution in [-0.4, -0.2) is 37.6 Å². The van der Waals surface area contributed by atoms with Gasteiger partial charge in [0, 0.05) is 32.9 Å². The molecule has 21 heavy (non-hydrogen) atoms. The fraction of sp³-hybridized carbons (Fsp3) is 0.571. The van der Waals surface area contributed by atoms with E-state index in [2.05, 4.69) is 15.1 Å². The zero-order valence-corrected chi connectivity index (χ0v) is 13.2. The maximum absolute atomic E-state index is 6.32. The second-order valence-corrected chi connectivity index (χ2v) is 6.08. The van der Waals surface area contributed by atoms with E-state index < -0.39 is 0 Å². The average Bonchev–Trinajstić information content (AvgIpc) is 2.99. The van der Waals surface area contributed by atoms with Crippen LogP contribution in [0.4, 0.5) is 5.82 Å². The SMILES string of the molecule is Cc1nn(C)c(CN2CCC(n3ccc(N)n3)CC2)c1Cl. The highest BCUT2D eigenvalue weighted by atomic mass is 35.5. The topological polar surface area (TPSA) is 64.9 Å². The number of hydrogen-bond donors (Lipinski definition) is 1. The minimum Gasteiger partial charge on any atom is -0.382 e. The molecule has 114 valence electrons. The molecule has 0 aliphatic carbocycles. The molecule has 1 aliphatic heterocycles. The van der Waals surface area contributed by atoms with Gasteiger partial charge in [-0.1, -0.05) is 11.6 Å². The van der Waals surface area contributed by atoms with Gasteiger partial charge in [0.25, 0.3) is 0 Å².